The van der Waals surface area contributed by atoms with E-state index in [0.717, 1.165) is 18.6 Å². The van der Waals surface area contributed by atoms with E-state index in [1.807, 2.05) is 0 Å². The summed E-state index contributed by atoms with van der Waals surface area (Å²) in [6.45, 7) is 0. The van der Waals surface area contributed by atoms with Crippen molar-refractivity contribution in [3.05, 3.63) is 0 Å². The average Bonchev–Trinajstić information content (AvgIpc) is 1.91. The van der Waals surface area contributed by atoms with Gasteiger partial charge >= 0.3 is 6.18 Å². The third-order valence-corrected chi connectivity index (χ3v) is 3.49. The molecule has 78 valence electrons. The molecule has 0 aromatic carbocycles. The summed E-state index contributed by atoms with van der Waals surface area (Å²) >= 11 is 1.20. The van der Waals surface area contributed by atoms with Gasteiger partial charge in [-0.3, -0.25) is 0 Å². The lowest BCUT2D eigenvalue weighted by molar-refractivity contribution is -0.195. The molecule has 1 rings (SSSR count). The molecule has 0 aromatic rings. The van der Waals surface area contributed by atoms with Gasteiger partial charge in [-0.1, -0.05) is 6.42 Å². The van der Waals surface area contributed by atoms with Crippen LogP contribution in [0.3, 0.4) is 0 Å². The molecule has 13 heavy (non-hydrogen) atoms. The van der Waals surface area contributed by atoms with Gasteiger partial charge in [-0.15, -0.1) is 0 Å². The second-order valence-electron chi connectivity index (χ2n) is 3.39. The first-order chi connectivity index (χ1) is 6.00. The second kappa shape index (κ2) is 4.55. The molecule has 0 heterocycles. The molecule has 0 saturated heterocycles. The molecule has 1 fully saturated rings. The van der Waals surface area contributed by atoms with E-state index < -0.39 is 12.3 Å². The topological polar surface area (TPSA) is 20.2 Å². The molecule has 0 aromatic heterocycles. The molecule has 1 atom stereocenters. The average molecular weight is 214 g/mol. The molecule has 1 aliphatic carbocycles. The van der Waals surface area contributed by atoms with Gasteiger partial charge in [-0.05, 0) is 24.5 Å². The van der Waals surface area contributed by atoms with Crippen molar-refractivity contribution in [1.29, 1.82) is 0 Å². The Balaban J connectivity index is 2.04. The number of rotatable bonds is 4. The number of hydrogen-bond donors (Lipinski definition) is 1. The monoisotopic (exact) mass is 214 g/mol. The molecule has 1 nitrogen and oxygen atoms in total. The van der Waals surface area contributed by atoms with Crippen molar-refractivity contribution in [2.45, 2.75) is 31.5 Å². The smallest absolute Gasteiger partial charge is 0.383 e. The fourth-order valence-electron chi connectivity index (χ4n) is 1.10. The van der Waals surface area contributed by atoms with Gasteiger partial charge in [0.1, 0.15) is 0 Å². The van der Waals surface area contributed by atoms with E-state index in [1.54, 1.807) is 0 Å². The predicted octanol–water partition coefficient (Wildman–Crippen LogP) is 2.44. The number of thioether (sulfide) groups is 1. The summed E-state index contributed by atoms with van der Waals surface area (Å²) in [7, 11) is 0. The second-order valence-corrected chi connectivity index (χ2v) is 4.47. The number of aliphatic hydroxyl groups is 1. The Bertz CT molecular complexity index is 156. The third kappa shape index (κ3) is 3.77. The molecule has 0 amide bonds. The van der Waals surface area contributed by atoms with Gasteiger partial charge in [0.25, 0.3) is 0 Å². The van der Waals surface area contributed by atoms with E-state index >= 15 is 0 Å². The van der Waals surface area contributed by atoms with Crippen molar-refractivity contribution in [2.24, 2.45) is 5.92 Å². The maximum Gasteiger partial charge on any atom is 0.415 e. The first kappa shape index (κ1) is 11.2. The Kier molecular flexibility index (Phi) is 3.91. The fourth-order valence-corrected chi connectivity index (χ4v) is 2.32. The Hall–Kier alpha value is 0.100. The Morgan fingerprint density at radius 1 is 1.38 bits per heavy atom. The predicted molar refractivity (Wildman–Crippen MR) is 46.7 cm³/mol. The molecule has 1 aliphatic rings. The standard InChI is InChI=1S/C8H13F3OS/c9-8(10,11)7(12)5-13-4-6-2-1-3-6/h6-7,12H,1-5H2/t7-/m0/s1. The molecule has 0 bridgehead atoms. The fraction of sp³-hybridized carbons (Fsp3) is 1.00. The minimum absolute atomic E-state index is 0.222. The maximum absolute atomic E-state index is 11.8. The van der Waals surface area contributed by atoms with Gasteiger partial charge in [0.2, 0.25) is 0 Å². The Morgan fingerprint density at radius 3 is 2.38 bits per heavy atom. The molecule has 1 N–H and O–H groups in total. The summed E-state index contributed by atoms with van der Waals surface area (Å²) in [6, 6.07) is 0. The van der Waals surface area contributed by atoms with Crippen molar-refractivity contribution in [2.75, 3.05) is 11.5 Å². The first-order valence-corrected chi connectivity index (χ1v) is 5.48. The third-order valence-electron chi connectivity index (χ3n) is 2.23. The van der Waals surface area contributed by atoms with Crippen LogP contribution in [0, 0.1) is 5.92 Å². The quantitative estimate of drug-likeness (QED) is 0.775. The van der Waals surface area contributed by atoms with Gasteiger partial charge in [0.15, 0.2) is 6.10 Å². The van der Waals surface area contributed by atoms with E-state index in [4.69, 9.17) is 5.11 Å². The van der Waals surface area contributed by atoms with Crippen molar-refractivity contribution in [3.63, 3.8) is 0 Å². The number of aliphatic hydroxyl groups excluding tert-OH is 1. The Labute approximate surface area is 79.7 Å². The van der Waals surface area contributed by atoms with E-state index in [9.17, 15) is 13.2 Å². The van der Waals surface area contributed by atoms with Crippen LogP contribution in [0.5, 0.6) is 0 Å². The minimum Gasteiger partial charge on any atom is -0.383 e. The molecule has 1 saturated carbocycles. The largest absolute Gasteiger partial charge is 0.415 e. The highest BCUT2D eigenvalue weighted by Gasteiger charge is 2.37. The molecule has 0 unspecified atom stereocenters. The lowest BCUT2D eigenvalue weighted by Gasteiger charge is -2.25. The van der Waals surface area contributed by atoms with Gasteiger partial charge in [-0.25, -0.2) is 0 Å². The van der Waals surface area contributed by atoms with Crippen LogP contribution in [-0.2, 0) is 0 Å². The molecule has 5 heteroatoms. The molecular weight excluding hydrogens is 201 g/mol. The van der Waals surface area contributed by atoms with Crippen molar-refractivity contribution in [3.8, 4) is 0 Å². The first-order valence-electron chi connectivity index (χ1n) is 4.32. The zero-order chi connectivity index (χ0) is 9.90. The van der Waals surface area contributed by atoms with Gasteiger partial charge in [0.05, 0.1) is 0 Å². The lowest BCUT2D eigenvalue weighted by Crippen LogP contribution is -2.31. The summed E-state index contributed by atoms with van der Waals surface area (Å²) in [5.41, 5.74) is 0. The highest BCUT2D eigenvalue weighted by atomic mass is 32.2. The van der Waals surface area contributed by atoms with Crippen LogP contribution in [0.4, 0.5) is 13.2 Å². The van der Waals surface area contributed by atoms with Crippen molar-refractivity contribution >= 4 is 11.8 Å². The summed E-state index contributed by atoms with van der Waals surface area (Å²) < 4.78 is 35.4. The van der Waals surface area contributed by atoms with Crippen molar-refractivity contribution < 1.29 is 18.3 Å². The van der Waals surface area contributed by atoms with Crippen LogP contribution < -0.4 is 0 Å². The normalized spacial score (nSPS) is 21.2. The molecule has 0 aliphatic heterocycles. The number of alkyl halides is 3. The minimum atomic E-state index is -4.45. The van der Waals surface area contributed by atoms with Gasteiger partial charge in [0, 0.05) is 5.75 Å². The van der Waals surface area contributed by atoms with Crippen LogP contribution >= 0.6 is 11.8 Å². The van der Waals surface area contributed by atoms with Crippen LogP contribution in [0.15, 0.2) is 0 Å². The molecule has 0 radical (unpaired) electrons. The maximum atomic E-state index is 11.8. The highest BCUT2D eigenvalue weighted by molar-refractivity contribution is 7.99. The van der Waals surface area contributed by atoms with Gasteiger partial charge in [-0.2, -0.15) is 24.9 Å². The van der Waals surface area contributed by atoms with Crippen molar-refractivity contribution in [1.82, 2.24) is 0 Å². The zero-order valence-corrected chi connectivity index (χ0v) is 8.00. The molecule has 0 spiro atoms. The lowest BCUT2D eigenvalue weighted by atomic mass is 9.87. The summed E-state index contributed by atoms with van der Waals surface area (Å²) in [6.07, 6.45) is -3.14. The molecular formula is C8H13F3OS. The summed E-state index contributed by atoms with van der Waals surface area (Å²) in [5, 5.41) is 8.64. The SMILES string of the molecule is O[C@@H](CSCC1CCC1)C(F)(F)F. The van der Waals surface area contributed by atoms with E-state index in [-0.39, 0.29) is 5.75 Å². The van der Waals surface area contributed by atoms with E-state index in [2.05, 4.69) is 0 Å². The highest BCUT2D eigenvalue weighted by Crippen LogP contribution is 2.31. The van der Waals surface area contributed by atoms with Crippen LogP contribution in [0.2, 0.25) is 0 Å². The van der Waals surface area contributed by atoms with E-state index in [1.165, 1.54) is 18.2 Å². The van der Waals surface area contributed by atoms with E-state index in [0.29, 0.717) is 5.92 Å². The van der Waals surface area contributed by atoms with Crippen LogP contribution in [0.25, 0.3) is 0 Å². The summed E-state index contributed by atoms with van der Waals surface area (Å²) in [4.78, 5) is 0. The summed E-state index contributed by atoms with van der Waals surface area (Å²) in [5.74, 6) is 1.12. The van der Waals surface area contributed by atoms with Crippen LogP contribution in [-0.4, -0.2) is 28.9 Å². The Morgan fingerprint density at radius 2 is 2.00 bits per heavy atom. The number of halogens is 3. The number of hydrogen-bond acceptors (Lipinski definition) is 2. The van der Waals surface area contributed by atoms with Crippen LogP contribution in [0.1, 0.15) is 19.3 Å². The zero-order valence-electron chi connectivity index (χ0n) is 7.18. The van der Waals surface area contributed by atoms with Gasteiger partial charge < -0.3 is 5.11 Å².